The highest BCUT2D eigenvalue weighted by atomic mass is 35.5. The average molecular weight is 378 g/mol. The number of hydrogen-bond acceptors (Lipinski definition) is 5. The molecule has 0 saturated carbocycles. The van der Waals surface area contributed by atoms with Crippen molar-refractivity contribution in [2.75, 3.05) is 19.3 Å². The molecule has 2 N–H and O–H groups in total. The van der Waals surface area contributed by atoms with E-state index in [-0.39, 0.29) is 24.4 Å². The van der Waals surface area contributed by atoms with Crippen LogP contribution in [-0.2, 0) is 34.5 Å². The highest BCUT2D eigenvalue weighted by molar-refractivity contribution is 7.88. The Morgan fingerprint density at radius 3 is 2.88 bits per heavy atom. The molecule has 10 heteroatoms. The fourth-order valence-corrected chi connectivity index (χ4v) is 3.90. The summed E-state index contributed by atoms with van der Waals surface area (Å²) in [7, 11) is -3.21. The van der Waals surface area contributed by atoms with Crippen LogP contribution in [0.25, 0.3) is 0 Å². The fourth-order valence-electron chi connectivity index (χ4n) is 3.07. The summed E-state index contributed by atoms with van der Waals surface area (Å²) in [5, 5.41) is 10.5. The number of amides is 1. The molecule has 1 fully saturated rings. The van der Waals surface area contributed by atoms with Crippen LogP contribution in [-0.4, -0.2) is 53.8 Å². The summed E-state index contributed by atoms with van der Waals surface area (Å²) in [6.07, 6.45) is 3.86. The molecular formula is C14H24ClN5O3S. The zero-order valence-electron chi connectivity index (χ0n) is 13.7. The van der Waals surface area contributed by atoms with Gasteiger partial charge in [-0.1, -0.05) is 0 Å². The molecule has 0 bridgehead atoms. The third kappa shape index (κ3) is 4.47. The lowest BCUT2D eigenvalue weighted by Gasteiger charge is -2.16. The van der Waals surface area contributed by atoms with Gasteiger partial charge in [-0.15, -0.1) is 12.4 Å². The summed E-state index contributed by atoms with van der Waals surface area (Å²) in [5.41, 5.74) is 1.64. The van der Waals surface area contributed by atoms with Gasteiger partial charge in [-0.2, -0.15) is 9.40 Å². The summed E-state index contributed by atoms with van der Waals surface area (Å²) in [5.74, 6) is 0.00320. The number of carbonyl (C=O) groups is 1. The summed E-state index contributed by atoms with van der Waals surface area (Å²) >= 11 is 0. The molecule has 0 aliphatic carbocycles. The van der Waals surface area contributed by atoms with Crippen LogP contribution in [0.4, 0.5) is 0 Å². The van der Waals surface area contributed by atoms with Gasteiger partial charge in [-0.25, -0.2) is 8.42 Å². The SMILES string of the molecule is CS(=O)(=O)N1CCCn2nc(CNC(=O)C3CCCN3)cc2C1.Cl. The van der Waals surface area contributed by atoms with E-state index in [4.69, 9.17) is 0 Å². The maximum atomic E-state index is 12.0. The standard InChI is InChI=1S/C14H23N5O3S.ClH/c1-23(21,22)18-6-3-7-19-12(10-18)8-11(17-19)9-16-14(20)13-4-2-5-15-13;/h8,13,15H,2-7,9-10H2,1H3,(H,16,20);1H. The van der Waals surface area contributed by atoms with Gasteiger partial charge in [0, 0.05) is 13.1 Å². The van der Waals surface area contributed by atoms with Gasteiger partial charge in [0.15, 0.2) is 0 Å². The van der Waals surface area contributed by atoms with Gasteiger partial charge in [0.2, 0.25) is 15.9 Å². The number of nitrogens with one attached hydrogen (secondary N) is 2. The zero-order chi connectivity index (χ0) is 16.4. The molecule has 8 nitrogen and oxygen atoms in total. The Balaban J connectivity index is 0.00000208. The van der Waals surface area contributed by atoms with E-state index in [1.54, 1.807) is 0 Å². The molecule has 0 radical (unpaired) electrons. The number of halogens is 1. The molecule has 1 aromatic heterocycles. The third-order valence-corrected chi connectivity index (χ3v) is 5.57. The lowest BCUT2D eigenvalue weighted by molar-refractivity contribution is -0.122. The van der Waals surface area contributed by atoms with Crippen molar-refractivity contribution in [1.82, 2.24) is 24.7 Å². The number of aryl methyl sites for hydroxylation is 1. The van der Waals surface area contributed by atoms with Crippen LogP contribution in [0.1, 0.15) is 30.7 Å². The second-order valence-electron chi connectivity index (χ2n) is 6.17. The first kappa shape index (κ1) is 19.2. The number of rotatable bonds is 4. The van der Waals surface area contributed by atoms with Crippen molar-refractivity contribution in [2.45, 2.75) is 44.9 Å². The van der Waals surface area contributed by atoms with Crippen molar-refractivity contribution < 1.29 is 13.2 Å². The number of carbonyl (C=O) groups excluding carboxylic acids is 1. The summed E-state index contributed by atoms with van der Waals surface area (Å²) in [4.78, 5) is 12.0. The van der Waals surface area contributed by atoms with Crippen molar-refractivity contribution in [2.24, 2.45) is 0 Å². The molecular weight excluding hydrogens is 354 g/mol. The van der Waals surface area contributed by atoms with E-state index in [2.05, 4.69) is 15.7 Å². The molecule has 1 aromatic rings. The van der Waals surface area contributed by atoms with Crippen molar-refractivity contribution >= 4 is 28.3 Å². The predicted octanol–water partition coefficient (Wildman–Crippen LogP) is -0.162. The minimum atomic E-state index is -3.21. The molecule has 1 atom stereocenters. The van der Waals surface area contributed by atoms with Crippen LogP contribution in [0.15, 0.2) is 6.07 Å². The molecule has 2 aliphatic rings. The minimum absolute atomic E-state index is 0. The van der Waals surface area contributed by atoms with E-state index in [9.17, 15) is 13.2 Å². The molecule has 0 spiro atoms. The van der Waals surface area contributed by atoms with E-state index >= 15 is 0 Å². The first-order valence-corrected chi connectivity index (χ1v) is 9.80. The number of fused-ring (bicyclic) bond motifs is 1. The molecule has 24 heavy (non-hydrogen) atoms. The van der Waals surface area contributed by atoms with Crippen LogP contribution in [0.5, 0.6) is 0 Å². The van der Waals surface area contributed by atoms with Crippen molar-refractivity contribution in [1.29, 1.82) is 0 Å². The average Bonchev–Trinajstić information content (AvgIpc) is 3.10. The highest BCUT2D eigenvalue weighted by Crippen LogP contribution is 2.16. The summed E-state index contributed by atoms with van der Waals surface area (Å²) in [6, 6.07) is 1.78. The minimum Gasteiger partial charge on any atom is -0.349 e. The van der Waals surface area contributed by atoms with E-state index in [0.29, 0.717) is 26.2 Å². The van der Waals surface area contributed by atoms with Gasteiger partial charge in [0.1, 0.15) is 0 Å². The van der Waals surface area contributed by atoms with Crippen LogP contribution in [0, 0.1) is 0 Å². The highest BCUT2D eigenvalue weighted by Gasteiger charge is 2.24. The predicted molar refractivity (Wildman–Crippen MR) is 92.2 cm³/mol. The van der Waals surface area contributed by atoms with Gasteiger partial charge in [0.25, 0.3) is 0 Å². The fraction of sp³-hybridized carbons (Fsp3) is 0.714. The van der Waals surface area contributed by atoms with Crippen molar-refractivity contribution in [3.63, 3.8) is 0 Å². The Hall–Kier alpha value is -1.16. The summed E-state index contributed by atoms with van der Waals surface area (Å²) < 4.78 is 26.8. The van der Waals surface area contributed by atoms with E-state index in [0.717, 1.165) is 37.2 Å². The number of sulfonamides is 1. The molecule has 3 heterocycles. The van der Waals surface area contributed by atoms with Crippen LogP contribution < -0.4 is 10.6 Å². The lowest BCUT2D eigenvalue weighted by Crippen LogP contribution is -2.40. The third-order valence-electron chi connectivity index (χ3n) is 4.32. The van der Waals surface area contributed by atoms with Gasteiger partial charge < -0.3 is 10.6 Å². The van der Waals surface area contributed by atoms with E-state index in [1.807, 2.05) is 10.7 Å². The maximum Gasteiger partial charge on any atom is 0.237 e. The monoisotopic (exact) mass is 377 g/mol. The van der Waals surface area contributed by atoms with E-state index in [1.165, 1.54) is 10.6 Å². The van der Waals surface area contributed by atoms with Gasteiger partial charge in [-0.05, 0) is 31.9 Å². The van der Waals surface area contributed by atoms with Crippen LogP contribution >= 0.6 is 12.4 Å². The Labute approximate surface area is 148 Å². The molecule has 1 saturated heterocycles. The Kier molecular flexibility index (Phi) is 6.24. The Bertz CT molecular complexity index is 685. The molecule has 136 valence electrons. The van der Waals surface area contributed by atoms with E-state index < -0.39 is 10.0 Å². The number of nitrogens with zero attached hydrogens (tertiary/aromatic N) is 3. The maximum absolute atomic E-state index is 12.0. The topological polar surface area (TPSA) is 96.3 Å². The Morgan fingerprint density at radius 1 is 1.42 bits per heavy atom. The summed E-state index contributed by atoms with van der Waals surface area (Å²) in [6.45, 7) is 2.80. The largest absolute Gasteiger partial charge is 0.349 e. The second kappa shape index (κ2) is 7.81. The quantitative estimate of drug-likeness (QED) is 0.760. The van der Waals surface area contributed by atoms with Crippen LogP contribution in [0.2, 0.25) is 0 Å². The lowest BCUT2D eigenvalue weighted by atomic mass is 10.2. The smallest absolute Gasteiger partial charge is 0.237 e. The molecule has 1 amide bonds. The first-order valence-electron chi connectivity index (χ1n) is 7.95. The van der Waals surface area contributed by atoms with Crippen molar-refractivity contribution in [3.8, 4) is 0 Å². The second-order valence-corrected chi connectivity index (χ2v) is 8.15. The zero-order valence-corrected chi connectivity index (χ0v) is 15.3. The van der Waals surface area contributed by atoms with Crippen molar-refractivity contribution in [3.05, 3.63) is 17.5 Å². The molecule has 2 aliphatic heterocycles. The van der Waals surface area contributed by atoms with Crippen LogP contribution in [0.3, 0.4) is 0 Å². The van der Waals surface area contributed by atoms with Gasteiger partial charge in [0.05, 0.1) is 36.8 Å². The number of aromatic nitrogens is 2. The van der Waals surface area contributed by atoms with Gasteiger partial charge >= 0.3 is 0 Å². The molecule has 1 unspecified atom stereocenters. The molecule has 0 aromatic carbocycles. The normalized spacial score (nSPS) is 21.6. The van der Waals surface area contributed by atoms with Gasteiger partial charge in [-0.3, -0.25) is 9.48 Å². The Morgan fingerprint density at radius 2 is 2.21 bits per heavy atom. The molecule has 3 rings (SSSR count). The number of hydrogen-bond donors (Lipinski definition) is 2. The first-order chi connectivity index (χ1) is 10.9.